The van der Waals surface area contributed by atoms with Crippen molar-refractivity contribution >= 4 is 5.97 Å². The van der Waals surface area contributed by atoms with Crippen LogP contribution in [0.1, 0.15) is 42.7 Å². The van der Waals surface area contributed by atoms with Crippen LogP contribution in [-0.2, 0) is 13.0 Å². The molecule has 0 amide bonds. The summed E-state index contributed by atoms with van der Waals surface area (Å²) >= 11 is 0. The van der Waals surface area contributed by atoms with Crippen LogP contribution >= 0.6 is 0 Å². The van der Waals surface area contributed by atoms with E-state index in [2.05, 4.69) is 24.2 Å². The molecule has 0 unspecified atom stereocenters. The third-order valence-corrected chi connectivity index (χ3v) is 3.22. The van der Waals surface area contributed by atoms with Gasteiger partial charge in [-0.2, -0.15) is 5.10 Å². The Morgan fingerprint density at radius 3 is 2.45 bits per heavy atom. The lowest BCUT2D eigenvalue weighted by atomic mass is 10.1. The first-order chi connectivity index (χ1) is 9.65. The lowest BCUT2D eigenvalue weighted by molar-refractivity contribution is 0.0683. The third kappa shape index (κ3) is 3.07. The molecule has 4 heteroatoms. The van der Waals surface area contributed by atoms with Crippen LogP contribution in [0.5, 0.6) is 0 Å². The molecule has 0 saturated heterocycles. The van der Waals surface area contributed by atoms with Gasteiger partial charge >= 0.3 is 5.97 Å². The summed E-state index contributed by atoms with van der Waals surface area (Å²) in [4.78, 5) is 11.2. The van der Waals surface area contributed by atoms with Gasteiger partial charge in [0.2, 0.25) is 0 Å². The average Bonchev–Trinajstić information content (AvgIpc) is 2.85. The molecule has 0 spiro atoms. The Morgan fingerprint density at radius 1 is 1.20 bits per heavy atom. The number of aromatic carboxylic acids is 1. The van der Waals surface area contributed by atoms with Crippen LogP contribution in [0.3, 0.4) is 0 Å². The van der Waals surface area contributed by atoms with E-state index in [0.29, 0.717) is 6.54 Å². The van der Waals surface area contributed by atoms with Crippen molar-refractivity contribution in [3.63, 3.8) is 0 Å². The van der Waals surface area contributed by atoms with Crippen LogP contribution in [0.25, 0.3) is 11.3 Å². The van der Waals surface area contributed by atoms with Crippen LogP contribution in [0.2, 0.25) is 0 Å². The number of carboxylic acid groups (broad SMARTS) is 1. The second-order valence-electron chi connectivity index (χ2n) is 4.89. The Balaban J connectivity index is 2.32. The standard InChI is InChI=1S/C16H20N2O2/c1-3-5-12-6-8-13(9-7-12)14-11-15(16(19)20)18(17-14)10-4-2/h6-9,11H,3-5,10H2,1-2H3,(H,19,20). The molecule has 2 aromatic rings. The molecule has 1 aromatic heterocycles. The van der Waals surface area contributed by atoms with Crippen molar-refractivity contribution < 1.29 is 9.90 Å². The van der Waals surface area contributed by atoms with Crippen LogP contribution < -0.4 is 0 Å². The summed E-state index contributed by atoms with van der Waals surface area (Å²) in [7, 11) is 0. The first kappa shape index (κ1) is 14.3. The number of carboxylic acids is 1. The van der Waals surface area contributed by atoms with Crippen LogP contribution in [0, 0.1) is 0 Å². The number of aromatic nitrogens is 2. The maximum atomic E-state index is 11.2. The molecule has 0 atom stereocenters. The Labute approximate surface area is 119 Å². The number of aryl methyl sites for hydroxylation is 2. The van der Waals surface area contributed by atoms with Gasteiger partial charge < -0.3 is 5.11 Å². The van der Waals surface area contributed by atoms with Gasteiger partial charge in [-0.3, -0.25) is 4.68 Å². The van der Waals surface area contributed by atoms with Gasteiger partial charge in [0.1, 0.15) is 5.69 Å². The molecule has 2 rings (SSSR count). The molecule has 0 radical (unpaired) electrons. The van der Waals surface area contributed by atoms with E-state index in [1.807, 2.05) is 19.1 Å². The highest BCUT2D eigenvalue weighted by Gasteiger charge is 2.14. The van der Waals surface area contributed by atoms with E-state index < -0.39 is 5.97 Å². The molecule has 0 bridgehead atoms. The van der Waals surface area contributed by atoms with E-state index in [1.54, 1.807) is 10.7 Å². The number of benzene rings is 1. The minimum Gasteiger partial charge on any atom is -0.477 e. The summed E-state index contributed by atoms with van der Waals surface area (Å²) in [5.41, 5.74) is 3.23. The molecule has 1 N–H and O–H groups in total. The number of hydrogen-bond acceptors (Lipinski definition) is 2. The molecule has 20 heavy (non-hydrogen) atoms. The Morgan fingerprint density at radius 2 is 1.90 bits per heavy atom. The predicted octanol–water partition coefficient (Wildman–Crippen LogP) is 3.61. The summed E-state index contributed by atoms with van der Waals surface area (Å²) in [6, 6.07) is 9.83. The van der Waals surface area contributed by atoms with E-state index >= 15 is 0 Å². The van der Waals surface area contributed by atoms with Crippen molar-refractivity contribution in [3.8, 4) is 11.3 Å². The van der Waals surface area contributed by atoms with Gasteiger partial charge in [0.05, 0.1) is 5.69 Å². The van der Waals surface area contributed by atoms with Crippen LogP contribution in [0.4, 0.5) is 0 Å². The lowest BCUT2D eigenvalue weighted by Crippen LogP contribution is -2.09. The maximum absolute atomic E-state index is 11.2. The molecule has 0 saturated carbocycles. The molecular formula is C16H20N2O2. The molecule has 1 heterocycles. The number of rotatable bonds is 6. The summed E-state index contributed by atoms with van der Waals surface area (Å²) in [6.45, 7) is 4.78. The fourth-order valence-corrected chi connectivity index (χ4v) is 2.24. The SMILES string of the molecule is CCCc1ccc(-c2cc(C(=O)O)n(CCC)n2)cc1. The smallest absolute Gasteiger partial charge is 0.354 e. The van der Waals surface area contributed by atoms with Gasteiger partial charge in [0.15, 0.2) is 0 Å². The first-order valence-electron chi connectivity index (χ1n) is 7.06. The zero-order valence-electron chi connectivity index (χ0n) is 12.0. The summed E-state index contributed by atoms with van der Waals surface area (Å²) in [5.74, 6) is -0.931. The number of nitrogens with zero attached hydrogens (tertiary/aromatic N) is 2. The van der Waals surface area contributed by atoms with Crippen LogP contribution in [-0.4, -0.2) is 20.9 Å². The summed E-state index contributed by atoms with van der Waals surface area (Å²) in [5, 5.41) is 13.6. The van der Waals surface area contributed by atoms with Gasteiger partial charge in [-0.15, -0.1) is 0 Å². The molecule has 0 aliphatic heterocycles. The zero-order chi connectivity index (χ0) is 14.5. The molecule has 4 nitrogen and oxygen atoms in total. The van der Waals surface area contributed by atoms with Crippen LogP contribution in [0.15, 0.2) is 30.3 Å². The van der Waals surface area contributed by atoms with Gasteiger partial charge in [-0.1, -0.05) is 44.5 Å². The number of hydrogen-bond donors (Lipinski definition) is 1. The highest BCUT2D eigenvalue weighted by molar-refractivity contribution is 5.87. The fraction of sp³-hybridized carbons (Fsp3) is 0.375. The minimum absolute atomic E-state index is 0.250. The molecular weight excluding hydrogens is 252 g/mol. The average molecular weight is 272 g/mol. The Bertz CT molecular complexity index is 585. The molecule has 1 aromatic carbocycles. The zero-order valence-corrected chi connectivity index (χ0v) is 12.0. The molecule has 106 valence electrons. The highest BCUT2D eigenvalue weighted by Crippen LogP contribution is 2.20. The molecule has 0 aliphatic rings. The van der Waals surface area contributed by atoms with Gasteiger partial charge in [0.25, 0.3) is 0 Å². The van der Waals surface area contributed by atoms with Gasteiger partial charge in [-0.25, -0.2) is 4.79 Å². The minimum atomic E-state index is -0.931. The fourth-order valence-electron chi connectivity index (χ4n) is 2.24. The second kappa shape index (κ2) is 6.37. The Kier molecular flexibility index (Phi) is 4.56. The van der Waals surface area contributed by atoms with Crippen molar-refractivity contribution in [3.05, 3.63) is 41.6 Å². The predicted molar refractivity (Wildman–Crippen MR) is 78.9 cm³/mol. The van der Waals surface area contributed by atoms with Crippen molar-refractivity contribution in [1.29, 1.82) is 0 Å². The lowest BCUT2D eigenvalue weighted by Gasteiger charge is -2.01. The monoisotopic (exact) mass is 272 g/mol. The topological polar surface area (TPSA) is 55.1 Å². The van der Waals surface area contributed by atoms with Crippen molar-refractivity contribution in [1.82, 2.24) is 9.78 Å². The quantitative estimate of drug-likeness (QED) is 0.874. The van der Waals surface area contributed by atoms with Crippen molar-refractivity contribution in [2.24, 2.45) is 0 Å². The van der Waals surface area contributed by atoms with E-state index in [4.69, 9.17) is 0 Å². The Hall–Kier alpha value is -2.10. The van der Waals surface area contributed by atoms with E-state index in [1.165, 1.54) is 5.56 Å². The normalized spacial score (nSPS) is 10.7. The maximum Gasteiger partial charge on any atom is 0.354 e. The highest BCUT2D eigenvalue weighted by atomic mass is 16.4. The summed E-state index contributed by atoms with van der Waals surface area (Å²) < 4.78 is 1.57. The van der Waals surface area contributed by atoms with Crippen molar-refractivity contribution in [2.75, 3.05) is 0 Å². The largest absolute Gasteiger partial charge is 0.477 e. The van der Waals surface area contributed by atoms with Gasteiger partial charge in [-0.05, 0) is 24.5 Å². The molecule has 0 fully saturated rings. The third-order valence-electron chi connectivity index (χ3n) is 3.22. The van der Waals surface area contributed by atoms with E-state index in [-0.39, 0.29) is 5.69 Å². The number of carbonyl (C=O) groups is 1. The molecule has 0 aliphatic carbocycles. The van der Waals surface area contributed by atoms with Crippen molar-refractivity contribution in [2.45, 2.75) is 39.7 Å². The van der Waals surface area contributed by atoms with E-state index in [0.717, 1.165) is 30.5 Å². The van der Waals surface area contributed by atoms with Gasteiger partial charge in [0, 0.05) is 12.1 Å². The van der Waals surface area contributed by atoms with E-state index in [9.17, 15) is 9.90 Å². The summed E-state index contributed by atoms with van der Waals surface area (Å²) in [6.07, 6.45) is 3.04. The second-order valence-corrected chi connectivity index (χ2v) is 4.89. The first-order valence-corrected chi connectivity index (χ1v) is 7.06.